The molecule has 0 bridgehead atoms. The minimum atomic E-state index is 0.482. The second kappa shape index (κ2) is 4.45. The fourth-order valence-electron chi connectivity index (χ4n) is 2.12. The Balaban J connectivity index is 2.19. The zero-order chi connectivity index (χ0) is 11.7. The Labute approximate surface area is 97.9 Å². The highest BCUT2D eigenvalue weighted by Gasteiger charge is 2.19. The molecule has 1 aromatic heterocycles. The molecule has 16 heavy (non-hydrogen) atoms. The standard InChI is InChI=1S/C12H22N4/c1-10(2)16-9-11(3)13-12(16)15-7-5-14(4)6-8-15/h9-10H,5-8H2,1-4H3. The van der Waals surface area contributed by atoms with Gasteiger partial charge in [-0.3, -0.25) is 0 Å². The second-order valence-corrected chi connectivity index (χ2v) is 4.97. The van der Waals surface area contributed by atoms with Gasteiger partial charge < -0.3 is 14.4 Å². The predicted octanol–water partition coefficient (Wildman–Crippen LogP) is 1.52. The summed E-state index contributed by atoms with van der Waals surface area (Å²) in [6, 6.07) is 0.482. The van der Waals surface area contributed by atoms with E-state index in [1.807, 2.05) is 0 Å². The van der Waals surface area contributed by atoms with Crippen LogP contribution in [0.5, 0.6) is 0 Å². The predicted molar refractivity (Wildman–Crippen MR) is 67.1 cm³/mol. The number of anilines is 1. The van der Waals surface area contributed by atoms with Crippen molar-refractivity contribution in [3.8, 4) is 0 Å². The van der Waals surface area contributed by atoms with Gasteiger partial charge in [0.1, 0.15) is 0 Å². The van der Waals surface area contributed by atoms with Crippen molar-refractivity contribution < 1.29 is 0 Å². The van der Waals surface area contributed by atoms with Crippen LogP contribution in [0, 0.1) is 6.92 Å². The third-order valence-electron chi connectivity index (χ3n) is 3.18. The highest BCUT2D eigenvalue weighted by atomic mass is 15.4. The maximum Gasteiger partial charge on any atom is 0.206 e. The number of imidazole rings is 1. The van der Waals surface area contributed by atoms with Crippen LogP contribution >= 0.6 is 0 Å². The minimum Gasteiger partial charge on any atom is -0.340 e. The van der Waals surface area contributed by atoms with Crippen molar-refractivity contribution in [2.45, 2.75) is 26.8 Å². The summed E-state index contributed by atoms with van der Waals surface area (Å²) in [5.74, 6) is 1.14. The number of aromatic nitrogens is 2. The summed E-state index contributed by atoms with van der Waals surface area (Å²) in [6.07, 6.45) is 2.15. The van der Waals surface area contributed by atoms with Gasteiger partial charge in [-0.1, -0.05) is 0 Å². The number of aryl methyl sites for hydroxylation is 1. The Morgan fingerprint density at radius 3 is 2.38 bits per heavy atom. The van der Waals surface area contributed by atoms with Gasteiger partial charge in [-0.15, -0.1) is 0 Å². The first-order valence-corrected chi connectivity index (χ1v) is 6.07. The lowest BCUT2D eigenvalue weighted by molar-refractivity contribution is 0.309. The third-order valence-corrected chi connectivity index (χ3v) is 3.18. The summed E-state index contributed by atoms with van der Waals surface area (Å²) in [5.41, 5.74) is 1.11. The van der Waals surface area contributed by atoms with Crippen LogP contribution in [-0.4, -0.2) is 47.7 Å². The van der Waals surface area contributed by atoms with Crippen LogP contribution in [0.1, 0.15) is 25.6 Å². The number of hydrogen-bond donors (Lipinski definition) is 0. The van der Waals surface area contributed by atoms with Crippen molar-refractivity contribution in [3.63, 3.8) is 0 Å². The van der Waals surface area contributed by atoms with Crippen molar-refractivity contribution >= 4 is 5.95 Å². The van der Waals surface area contributed by atoms with Gasteiger partial charge in [0.2, 0.25) is 5.95 Å². The molecule has 1 aliphatic rings. The summed E-state index contributed by atoms with van der Waals surface area (Å²) < 4.78 is 2.28. The number of piperazine rings is 1. The largest absolute Gasteiger partial charge is 0.340 e. The summed E-state index contributed by atoms with van der Waals surface area (Å²) in [5, 5.41) is 0. The molecule has 2 heterocycles. The Morgan fingerprint density at radius 1 is 1.19 bits per heavy atom. The van der Waals surface area contributed by atoms with Crippen LogP contribution in [-0.2, 0) is 0 Å². The lowest BCUT2D eigenvalue weighted by atomic mass is 10.3. The molecule has 0 amide bonds. The Bertz CT molecular complexity index is 348. The van der Waals surface area contributed by atoms with E-state index in [1.165, 1.54) is 0 Å². The fraction of sp³-hybridized carbons (Fsp3) is 0.750. The zero-order valence-electron chi connectivity index (χ0n) is 10.8. The molecule has 2 rings (SSSR count). The maximum atomic E-state index is 4.65. The monoisotopic (exact) mass is 222 g/mol. The van der Waals surface area contributed by atoms with E-state index < -0.39 is 0 Å². The molecule has 1 saturated heterocycles. The molecule has 1 aliphatic heterocycles. The van der Waals surface area contributed by atoms with Gasteiger partial charge in [0.05, 0.1) is 5.69 Å². The molecule has 4 nitrogen and oxygen atoms in total. The highest BCUT2D eigenvalue weighted by Crippen LogP contribution is 2.20. The van der Waals surface area contributed by atoms with Gasteiger partial charge in [0, 0.05) is 38.4 Å². The van der Waals surface area contributed by atoms with Crippen LogP contribution in [0.4, 0.5) is 5.95 Å². The van der Waals surface area contributed by atoms with E-state index in [1.54, 1.807) is 0 Å². The molecule has 0 atom stereocenters. The topological polar surface area (TPSA) is 24.3 Å². The normalized spacial score (nSPS) is 18.4. The average Bonchev–Trinajstić information content (AvgIpc) is 2.61. The molecule has 90 valence electrons. The van der Waals surface area contributed by atoms with Crippen LogP contribution in [0.25, 0.3) is 0 Å². The molecule has 0 aromatic carbocycles. The molecule has 1 fully saturated rings. The molecular formula is C12H22N4. The van der Waals surface area contributed by atoms with Crippen LogP contribution in [0.15, 0.2) is 6.20 Å². The van der Waals surface area contributed by atoms with Crippen LogP contribution in [0.2, 0.25) is 0 Å². The van der Waals surface area contributed by atoms with E-state index in [2.05, 4.69) is 53.4 Å². The first kappa shape index (κ1) is 11.5. The SMILES string of the molecule is Cc1cn(C(C)C)c(N2CCN(C)CC2)n1. The summed E-state index contributed by atoms with van der Waals surface area (Å²) >= 11 is 0. The van der Waals surface area contributed by atoms with E-state index in [4.69, 9.17) is 0 Å². The molecule has 0 saturated carbocycles. The molecule has 0 radical (unpaired) electrons. The van der Waals surface area contributed by atoms with Gasteiger partial charge in [0.25, 0.3) is 0 Å². The Hall–Kier alpha value is -1.03. The number of hydrogen-bond acceptors (Lipinski definition) is 3. The number of nitrogens with zero attached hydrogens (tertiary/aromatic N) is 4. The first-order valence-electron chi connectivity index (χ1n) is 6.07. The minimum absolute atomic E-state index is 0.482. The first-order chi connectivity index (χ1) is 7.58. The Kier molecular flexibility index (Phi) is 3.19. The Morgan fingerprint density at radius 2 is 1.81 bits per heavy atom. The fourth-order valence-corrected chi connectivity index (χ4v) is 2.12. The van der Waals surface area contributed by atoms with Crippen molar-refractivity contribution in [1.29, 1.82) is 0 Å². The molecule has 0 unspecified atom stereocenters. The zero-order valence-corrected chi connectivity index (χ0v) is 10.8. The van der Waals surface area contributed by atoms with Gasteiger partial charge in [0.15, 0.2) is 0 Å². The van der Waals surface area contributed by atoms with Crippen molar-refractivity contribution in [2.75, 3.05) is 38.1 Å². The average molecular weight is 222 g/mol. The molecule has 4 heteroatoms. The lowest BCUT2D eigenvalue weighted by Gasteiger charge is -2.33. The quantitative estimate of drug-likeness (QED) is 0.758. The molecule has 1 aromatic rings. The number of likely N-dealkylation sites (N-methyl/N-ethyl adjacent to an activating group) is 1. The molecule has 0 aliphatic carbocycles. The lowest BCUT2D eigenvalue weighted by Crippen LogP contribution is -2.45. The van der Waals surface area contributed by atoms with Crippen LogP contribution in [0.3, 0.4) is 0 Å². The molecular weight excluding hydrogens is 200 g/mol. The van der Waals surface area contributed by atoms with Gasteiger partial charge in [-0.05, 0) is 27.8 Å². The van der Waals surface area contributed by atoms with Crippen molar-refractivity contribution in [2.24, 2.45) is 0 Å². The molecule has 0 N–H and O–H groups in total. The summed E-state index contributed by atoms with van der Waals surface area (Å²) in [4.78, 5) is 9.41. The van der Waals surface area contributed by atoms with Crippen molar-refractivity contribution in [1.82, 2.24) is 14.5 Å². The maximum absolute atomic E-state index is 4.65. The van der Waals surface area contributed by atoms with Crippen molar-refractivity contribution in [3.05, 3.63) is 11.9 Å². The van der Waals surface area contributed by atoms with E-state index in [9.17, 15) is 0 Å². The summed E-state index contributed by atoms with van der Waals surface area (Å²) in [7, 11) is 2.18. The highest BCUT2D eigenvalue weighted by molar-refractivity contribution is 5.34. The third kappa shape index (κ3) is 2.21. The van der Waals surface area contributed by atoms with E-state index in [-0.39, 0.29) is 0 Å². The smallest absolute Gasteiger partial charge is 0.206 e. The van der Waals surface area contributed by atoms with Gasteiger partial charge in [-0.2, -0.15) is 0 Å². The molecule has 0 spiro atoms. The number of rotatable bonds is 2. The van der Waals surface area contributed by atoms with Gasteiger partial charge in [-0.25, -0.2) is 4.98 Å². The second-order valence-electron chi connectivity index (χ2n) is 4.97. The van der Waals surface area contributed by atoms with Crippen LogP contribution < -0.4 is 4.90 Å². The van der Waals surface area contributed by atoms with E-state index in [0.717, 1.165) is 37.8 Å². The van der Waals surface area contributed by atoms with Gasteiger partial charge >= 0.3 is 0 Å². The summed E-state index contributed by atoms with van der Waals surface area (Å²) in [6.45, 7) is 10.9. The van der Waals surface area contributed by atoms with E-state index in [0.29, 0.717) is 6.04 Å². The van der Waals surface area contributed by atoms with E-state index >= 15 is 0 Å².